The SMILES string of the molecule is O=C(Cc1ccc(F)cc1)N1CCC(c2ccnc(Nc3ncccn3)n2)C1. The third-order valence-electron chi connectivity index (χ3n) is 4.69. The summed E-state index contributed by atoms with van der Waals surface area (Å²) in [6.07, 6.45) is 6.08. The summed E-state index contributed by atoms with van der Waals surface area (Å²) in [6, 6.07) is 9.65. The Morgan fingerprint density at radius 1 is 1.07 bits per heavy atom. The van der Waals surface area contributed by atoms with Gasteiger partial charge in [-0.15, -0.1) is 0 Å². The van der Waals surface area contributed by atoms with Crippen molar-refractivity contribution in [1.29, 1.82) is 0 Å². The lowest BCUT2D eigenvalue weighted by Crippen LogP contribution is -2.30. The van der Waals surface area contributed by atoms with Gasteiger partial charge in [0.2, 0.25) is 17.8 Å². The van der Waals surface area contributed by atoms with Gasteiger partial charge >= 0.3 is 0 Å². The number of carbonyl (C=O) groups excluding carboxylic acids is 1. The summed E-state index contributed by atoms with van der Waals surface area (Å²) >= 11 is 0. The van der Waals surface area contributed by atoms with Gasteiger partial charge in [-0.3, -0.25) is 10.1 Å². The third-order valence-corrected chi connectivity index (χ3v) is 4.69. The Labute approximate surface area is 161 Å². The number of carbonyl (C=O) groups is 1. The molecule has 7 nitrogen and oxygen atoms in total. The highest BCUT2D eigenvalue weighted by Gasteiger charge is 2.28. The average molecular weight is 378 g/mol. The monoisotopic (exact) mass is 378 g/mol. The van der Waals surface area contributed by atoms with E-state index in [0.29, 0.717) is 25.0 Å². The predicted molar refractivity (Wildman–Crippen MR) is 101 cm³/mol. The van der Waals surface area contributed by atoms with Crippen molar-refractivity contribution in [2.24, 2.45) is 0 Å². The summed E-state index contributed by atoms with van der Waals surface area (Å²) in [6.45, 7) is 1.29. The van der Waals surface area contributed by atoms with Gasteiger partial charge in [-0.1, -0.05) is 12.1 Å². The van der Waals surface area contributed by atoms with Gasteiger partial charge in [-0.05, 0) is 36.2 Å². The van der Waals surface area contributed by atoms with Crippen molar-refractivity contribution in [3.05, 3.63) is 72.1 Å². The van der Waals surface area contributed by atoms with E-state index in [9.17, 15) is 9.18 Å². The van der Waals surface area contributed by atoms with Crippen molar-refractivity contribution in [1.82, 2.24) is 24.8 Å². The number of nitrogens with one attached hydrogen (secondary N) is 1. The molecule has 8 heteroatoms. The smallest absolute Gasteiger partial charge is 0.229 e. The van der Waals surface area contributed by atoms with Crippen molar-refractivity contribution < 1.29 is 9.18 Å². The number of hydrogen-bond donors (Lipinski definition) is 1. The minimum Gasteiger partial charge on any atom is -0.342 e. The van der Waals surface area contributed by atoms with Crippen molar-refractivity contribution >= 4 is 17.8 Å². The van der Waals surface area contributed by atoms with E-state index in [2.05, 4.69) is 25.3 Å². The van der Waals surface area contributed by atoms with Crippen LogP contribution in [0.2, 0.25) is 0 Å². The fourth-order valence-electron chi connectivity index (χ4n) is 3.24. The van der Waals surface area contributed by atoms with E-state index in [0.717, 1.165) is 17.7 Å². The zero-order valence-electron chi connectivity index (χ0n) is 15.1. The Kier molecular flexibility index (Phi) is 5.18. The summed E-state index contributed by atoms with van der Waals surface area (Å²) < 4.78 is 13.0. The van der Waals surface area contributed by atoms with E-state index in [1.54, 1.807) is 36.8 Å². The first-order chi connectivity index (χ1) is 13.7. The fourth-order valence-corrected chi connectivity index (χ4v) is 3.24. The first-order valence-electron chi connectivity index (χ1n) is 9.06. The Balaban J connectivity index is 1.39. The van der Waals surface area contributed by atoms with Crippen LogP contribution >= 0.6 is 0 Å². The predicted octanol–water partition coefficient (Wildman–Crippen LogP) is 2.71. The minimum absolute atomic E-state index is 0.0409. The number of amides is 1. The molecule has 3 aromatic rings. The maximum Gasteiger partial charge on any atom is 0.229 e. The first-order valence-corrected chi connectivity index (χ1v) is 9.06. The van der Waals surface area contributed by atoms with Crippen LogP contribution in [-0.4, -0.2) is 43.8 Å². The Morgan fingerprint density at radius 2 is 1.82 bits per heavy atom. The van der Waals surface area contributed by atoms with Crippen LogP contribution in [0.25, 0.3) is 0 Å². The highest BCUT2D eigenvalue weighted by molar-refractivity contribution is 5.79. The third kappa shape index (κ3) is 4.28. The van der Waals surface area contributed by atoms with E-state index < -0.39 is 0 Å². The molecule has 0 bridgehead atoms. The van der Waals surface area contributed by atoms with Gasteiger partial charge in [-0.25, -0.2) is 24.3 Å². The molecular weight excluding hydrogens is 359 g/mol. The van der Waals surface area contributed by atoms with Crippen LogP contribution in [0.15, 0.2) is 55.0 Å². The number of likely N-dealkylation sites (tertiary alicyclic amines) is 1. The van der Waals surface area contributed by atoms with E-state index >= 15 is 0 Å². The number of halogens is 1. The van der Waals surface area contributed by atoms with Crippen molar-refractivity contribution in [3.63, 3.8) is 0 Å². The number of hydrogen-bond acceptors (Lipinski definition) is 6. The highest BCUT2D eigenvalue weighted by Crippen LogP contribution is 2.27. The van der Waals surface area contributed by atoms with Gasteiger partial charge in [0.05, 0.1) is 12.1 Å². The molecular formula is C20H19FN6O. The number of anilines is 2. The molecule has 1 saturated heterocycles. The number of rotatable bonds is 5. The molecule has 1 aliphatic heterocycles. The summed E-state index contributed by atoms with van der Waals surface area (Å²) in [5, 5.41) is 2.98. The van der Waals surface area contributed by atoms with E-state index in [1.807, 2.05) is 11.0 Å². The molecule has 1 amide bonds. The van der Waals surface area contributed by atoms with Crippen LogP contribution in [0.4, 0.5) is 16.3 Å². The summed E-state index contributed by atoms with van der Waals surface area (Å²) in [7, 11) is 0. The van der Waals surface area contributed by atoms with Crippen molar-refractivity contribution in [3.8, 4) is 0 Å². The van der Waals surface area contributed by atoms with Gasteiger partial charge in [0, 0.05) is 37.6 Å². The topological polar surface area (TPSA) is 83.9 Å². The molecule has 0 spiro atoms. The Bertz CT molecular complexity index is 950. The molecule has 1 aliphatic rings. The van der Waals surface area contributed by atoms with Crippen LogP contribution in [0.5, 0.6) is 0 Å². The molecule has 4 rings (SSSR count). The zero-order valence-corrected chi connectivity index (χ0v) is 15.1. The van der Waals surface area contributed by atoms with Crippen molar-refractivity contribution in [2.75, 3.05) is 18.4 Å². The molecule has 1 unspecified atom stereocenters. The maximum atomic E-state index is 13.0. The lowest BCUT2D eigenvalue weighted by Gasteiger charge is -2.16. The maximum absolute atomic E-state index is 13.0. The van der Waals surface area contributed by atoms with Gasteiger partial charge in [0.1, 0.15) is 5.82 Å². The molecule has 0 saturated carbocycles. The second kappa shape index (κ2) is 8.08. The first kappa shape index (κ1) is 18.0. The minimum atomic E-state index is -0.300. The molecule has 1 aromatic carbocycles. The van der Waals surface area contributed by atoms with Crippen LogP contribution in [0, 0.1) is 5.82 Å². The molecule has 28 heavy (non-hydrogen) atoms. The highest BCUT2D eigenvalue weighted by atomic mass is 19.1. The van der Waals surface area contributed by atoms with Crippen LogP contribution < -0.4 is 5.32 Å². The summed E-state index contributed by atoms with van der Waals surface area (Å²) in [4.78, 5) is 31.4. The van der Waals surface area contributed by atoms with Crippen LogP contribution in [-0.2, 0) is 11.2 Å². The molecule has 142 valence electrons. The fraction of sp³-hybridized carbons (Fsp3) is 0.250. The standard InChI is InChI=1S/C20H19FN6O/c21-16-4-2-14(3-5-16)12-18(28)27-11-7-15(13-27)17-6-10-24-20(25-17)26-19-22-8-1-9-23-19/h1-6,8-10,15H,7,11-13H2,(H,22,23,24,25,26). The van der Waals surface area contributed by atoms with Gasteiger partial charge < -0.3 is 4.90 Å². The average Bonchev–Trinajstić information content (AvgIpc) is 3.21. The second-order valence-electron chi connectivity index (χ2n) is 6.63. The molecule has 1 atom stereocenters. The van der Waals surface area contributed by atoms with Gasteiger partial charge in [0.15, 0.2) is 0 Å². The Hall–Kier alpha value is -3.42. The molecule has 1 N–H and O–H groups in total. The van der Waals surface area contributed by atoms with Gasteiger partial charge in [-0.2, -0.15) is 0 Å². The van der Waals surface area contributed by atoms with Crippen molar-refractivity contribution in [2.45, 2.75) is 18.8 Å². The van der Waals surface area contributed by atoms with E-state index in [1.165, 1.54) is 12.1 Å². The molecule has 0 aliphatic carbocycles. The molecule has 1 fully saturated rings. The number of benzene rings is 1. The summed E-state index contributed by atoms with van der Waals surface area (Å²) in [5.41, 5.74) is 1.69. The van der Waals surface area contributed by atoms with Crippen LogP contribution in [0.1, 0.15) is 23.6 Å². The largest absolute Gasteiger partial charge is 0.342 e. The quantitative estimate of drug-likeness (QED) is 0.735. The van der Waals surface area contributed by atoms with E-state index in [-0.39, 0.29) is 24.1 Å². The van der Waals surface area contributed by atoms with Gasteiger partial charge in [0.25, 0.3) is 0 Å². The molecule has 0 radical (unpaired) electrons. The molecule has 3 heterocycles. The lowest BCUT2D eigenvalue weighted by molar-refractivity contribution is -0.129. The molecule has 2 aromatic heterocycles. The normalized spacial score (nSPS) is 16.2. The second-order valence-corrected chi connectivity index (χ2v) is 6.63. The summed E-state index contributed by atoms with van der Waals surface area (Å²) in [5.74, 6) is 0.755. The number of aromatic nitrogens is 4. The van der Waals surface area contributed by atoms with E-state index in [4.69, 9.17) is 0 Å². The van der Waals surface area contributed by atoms with Crippen LogP contribution in [0.3, 0.4) is 0 Å². The zero-order chi connectivity index (χ0) is 19.3. The number of nitrogens with zero attached hydrogens (tertiary/aromatic N) is 5. The lowest BCUT2D eigenvalue weighted by atomic mass is 10.1. The Morgan fingerprint density at radius 3 is 2.61 bits per heavy atom.